The highest BCUT2D eigenvalue weighted by atomic mass is 19.4. The molecule has 0 aliphatic carbocycles. The van der Waals surface area contributed by atoms with Gasteiger partial charge in [0.05, 0.1) is 17.7 Å². The summed E-state index contributed by atoms with van der Waals surface area (Å²) in [4.78, 5) is 14.4. The summed E-state index contributed by atoms with van der Waals surface area (Å²) in [5.74, 6) is -1.23. The Kier molecular flexibility index (Phi) is 3.84. The van der Waals surface area contributed by atoms with Gasteiger partial charge in [0.15, 0.2) is 0 Å². The number of rotatable bonds is 3. The van der Waals surface area contributed by atoms with Gasteiger partial charge in [-0.05, 0) is 23.8 Å². The summed E-state index contributed by atoms with van der Waals surface area (Å²) < 4.78 is 38.9. The van der Waals surface area contributed by atoms with Crippen LogP contribution in [0.1, 0.15) is 11.3 Å². The van der Waals surface area contributed by atoms with Crippen molar-refractivity contribution in [2.24, 2.45) is 0 Å². The van der Waals surface area contributed by atoms with E-state index in [0.29, 0.717) is 0 Å². The number of halogens is 3. The Balaban J connectivity index is 2.51. The lowest BCUT2D eigenvalue weighted by Crippen LogP contribution is -2.09. The topological polar surface area (TPSA) is 76.2 Å². The van der Waals surface area contributed by atoms with E-state index in [9.17, 15) is 18.0 Å². The molecule has 0 saturated carbocycles. The normalized spacial score (nSPS) is 11.4. The second-order valence-electron chi connectivity index (χ2n) is 4.35. The number of pyridine rings is 1. The molecule has 1 aromatic carbocycles. The van der Waals surface area contributed by atoms with Crippen LogP contribution in [-0.4, -0.2) is 16.1 Å². The Bertz CT molecular complexity index is 684. The molecule has 0 spiro atoms. The van der Waals surface area contributed by atoms with Crippen LogP contribution in [-0.2, 0) is 17.4 Å². The van der Waals surface area contributed by atoms with E-state index in [4.69, 9.17) is 10.8 Å². The number of nitrogens with two attached hydrogens (primary N) is 1. The molecule has 3 N–H and O–H groups in total. The number of benzene rings is 1. The molecule has 0 aliphatic heterocycles. The second-order valence-corrected chi connectivity index (χ2v) is 4.35. The van der Waals surface area contributed by atoms with Gasteiger partial charge in [-0.3, -0.25) is 4.79 Å². The van der Waals surface area contributed by atoms with Gasteiger partial charge in [-0.25, -0.2) is 4.98 Å². The Morgan fingerprint density at radius 3 is 2.38 bits per heavy atom. The van der Waals surface area contributed by atoms with Crippen LogP contribution in [0.15, 0.2) is 36.4 Å². The number of hydrogen-bond acceptors (Lipinski definition) is 3. The van der Waals surface area contributed by atoms with Crippen molar-refractivity contribution in [3.05, 3.63) is 47.7 Å². The molecule has 2 aromatic rings. The van der Waals surface area contributed by atoms with E-state index in [1.54, 1.807) is 0 Å². The van der Waals surface area contributed by atoms with Crippen molar-refractivity contribution in [3.63, 3.8) is 0 Å². The zero-order valence-electron chi connectivity index (χ0n) is 10.7. The standard InChI is InChI=1S/C14H11F3N2O2/c15-14(16,17)11-4-2-1-3-9(11)10-6-5-8(7-12(20)21)19-13(10)18/h1-6H,7H2,(H2,18,19)(H,20,21). The molecular weight excluding hydrogens is 285 g/mol. The average molecular weight is 296 g/mol. The summed E-state index contributed by atoms with van der Waals surface area (Å²) in [6.45, 7) is 0. The molecular formula is C14H11F3N2O2. The first-order valence-corrected chi connectivity index (χ1v) is 5.93. The van der Waals surface area contributed by atoms with Crippen LogP contribution in [0, 0.1) is 0 Å². The number of nitrogens with zero attached hydrogens (tertiary/aromatic N) is 1. The molecule has 7 heteroatoms. The number of aliphatic carboxylic acids is 1. The number of carboxylic acid groups (broad SMARTS) is 1. The average Bonchev–Trinajstić information content (AvgIpc) is 2.37. The number of carboxylic acids is 1. The van der Waals surface area contributed by atoms with E-state index >= 15 is 0 Å². The van der Waals surface area contributed by atoms with E-state index in [2.05, 4.69) is 4.98 Å². The van der Waals surface area contributed by atoms with Gasteiger partial charge in [-0.2, -0.15) is 13.2 Å². The van der Waals surface area contributed by atoms with E-state index in [0.717, 1.165) is 6.07 Å². The summed E-state index contributed by atoms with van der Waals surface area (Å²) in [5.41, 5.74) is 5.08. The fourth-order valence-electron chi connectivity index (χ4n) is 1.96. The van der Waals surface area contributed by atoms with Gasteiger partial charge < -0.3 is 10.8 Å². The molecule has 1 aromatic heterocycles. The molecule has 0 saturated heterocycles. The predicted molar refractivity (Wildman–Crippen MR) is 70.4 cm³/mol. The van der Waals surface area contributed by atoms with E-state index in [1.807, 2.05) is 0 Å². The first-order chi connectivity index (χ1) is 9.79. The van der Waals surface area contributed by atoms with E-state index < -0.39 is 17.7 Å². The monoisotopic (exact) mass is 296 g/mol. The second kappa shape index (κ2) is 5.43. The lowest BCUT2D eigenvalue weighted by molar-refractivity contribution is -0.137. The zero-order chi connectivity index (χ0) is 15.6. The minimum atomic E-state index is -4.51. The molecule has 0 radical (unpaired) electrons. The maximum Gasteiger partial charge on any atom is 0.417 e. The number of nitrogen functional groups attached to an aromatic ring is 1. The molecule has 0 aliphatic rings. The highest BCUT2D eigenvalue weighted by Crippen LogP contribution is 2.38. The largest absolute Gasteiger partial charge is 0.481 e. The van der Waals surface area contributed by atoms with Gasteiger partial charge in [-0.15, -0.1) is 0 Å². The zero-order valence-corrected chi connectivity index (χ0v) is 10.7. The lowest BCUT2D eigenvalue weighted by Gasteiger charge is -2.14. The molecule has 0 fully saturated rings. The van der Waals surface area contributed by atoms with Crippen LogP contribution in [0.25, 0.3) is 11.1 Å². The third-order valence-electron chi connectivity index (χ3n) is 2.84. The molecule has 21 heavy (non-hydrogen) atoms. The molecule has 1 heterocycles. The highest BCUT2D eigenvalue weighted by molar-refractivity contribution is 5.77. The highest BCUT2D eigenvalue weighted by Gasteiger charge is 2.33. The Morgan fingerprint density at radius 2 is 1.81 bits per heavy atom. The van der Waals surface area contributed by atoms with Gasteiger partial charge in [0.2, 0.25) is 0 Å². The fraction of sp³-hybridized carbons (Fsp3) is 0.143. The van der Waals surface area contributed by atoms with Crippen molar-refractivity contribution < 1.29 is 23.1 Å². The minimum absolute atomic E-state index is 0.0862. The summed E-state index contributed by atoms with van der Waals surface area (Å²) in [7, 11) is 0. The maximum absolute atomic E-state index is 13.0. The van der Waals surface area contributed by atoms with Crippen LogP contribution >= 0.6 is 0 Å². The van der Waals surface area contributed by atoms with Crippen molar-refractivity contribution in [1.29, 1.82) is 0 Å². The minimum Gasteiger partial charge on any atom is -0.481 e. The van der Waals surface area contributed by atoms with Gasteiger partial charge >= 0.3 is 12.1 Å². The predicted octanol–water partition coefficient (Wildman–Crippen LogP) is 2.98. The molecule has 110 valence electrons. The van der Waals surface area contributed by atoms with Crippen molar-refractivity contribution in [3.8, 4) is 11.1 Å². The van der Waals surface area contributed by atoms with Crippen LogP contribution in [0.4, 0.5) is 19.0 Å². The van der Waals surface area contributed by atoms with Crippen LogP contribution in [0.5, 0.6) is 0 Å². The fourth-order valence-corrected chi connectivity index (χ4v) is 1.96. The summed E-state index contributed by atoms with van der Waals surface area (Å²) in [6, 6.07) is 7.72. The number of alkyl halides is 3. The van der Waals surface area contributed by atoms with Crippen molar-refractivity contribution in [1.82, 2.24) is 4.98 Å². The van der Waals surface area contributed by atoms with Crippen LogP contribution in [0.2, 0.25) is 0 Å². The summed E-state index contributed by atoms with van der Waals surface area (Å²) in [5, 5.41) is 8.67. The number of anilines is 1. The van der Waals surface area contributed by atoms with Gasteiger partial charge in [-0.1, -0.05) is 18.2 Å². The number of aromatic nitrogens is 1. The quantitative estimate of drug-likeness (QED) is 0.913. The maximum atomic E-state index is 13.0. The Morgan fingerprint density at radius 1 is 1.14 bits per heavy atom. The Labute approximate surface area is 118 Å². The van der Waals surface area contributed by atoms with Gasteiger partial charge in [0.1, 0.15) is 5.82 Å². The lowest BCUT2D eigenvalue weighted by atomic mass is 9.99. The van der Waals surface area contributed by atoms with E-state index in [-0.39, 0.29) is 29.1 Å². The smallest absolute Gasteiger partial charge is 0.417 e. The number of carbonyl (C=O) groups is 1. The summed E-state index contributed by atoms with van der Waals surface area (Å²) in [6.07, 6.45) is -4.85. The Hall–Kier alpha value is -2.57. The molecule has 0 atom stereocenters. The third-order valence-corrected chi connectivity index (χ3v) is 2.84. The van der Waals surface area contributed by atoms with Gasteiger partial charge in [0, 0.05) is 5.56 Å². The summed E-state index contributed by atoms with van der Waals surface area (Å²) >= 11 is 0. The van der Waals surface area contributed by atoms with Crippen LogP contribution < -0.4 is 5.73 Å². The first-order valence-electron chi connectivity index (χ1n) is 5.93. The SMILES string of the molecule is Nc1nc(CC(=O)O)ccc1-c1ccccc1C(F)(F)F. The van der Waals surface area contributed by atoms with Crippen molar-refractivity contribution >= 4 is 11.8 Å². The number of hydrogen-bond donors (Lipinski definition) is 2. The third kappa shape index (κ3) is 3.31. The van der Waals surface area contributed by atoms with Crippen LogP contribution in [0.3, 0.4) is 0 Å². The molecule has 4 nitrogen and oxygen atoms in total. The van der Waals surface area contributed by atoms with Gasteiger partial charge in [0.25, 0.3) is 0 Å². The molecule has 2 rings (SSSR count). The van der Waals surface area contributed by atoms with Crippen molar-refractivity contribution in [2.75, 3.05) is 5.73 Å². The molecule has 0 bridgehead atoms. The molecule has 0 unspecified atom stereocenters. The van der Waals surface area contributed by atoms with Crippen molar-refractivity contribution in [2.45, 2.75) is 12.6 Å². The molecule has 0 amide bonds. The van der Waals surface area contributed by atoms with E-state index in [1.165, 1.54) is 30.3 Å². The first kappa shape index (κ1) is 14.8.